The highest BCUT2D eigenvalue weighted by Crippen LogP contribution is 2.38. The third kappa shape index (κ3) is 2.45. The van der Waals surface area contributed by atoms with E-state index in [0.717, 1.165) is 44.7 Å². The average Bonchev–Trinajstić information content (AvgIpc) is 3.56. The third-order valence-electron chi connectivity index (χ3n) is 7.38. The summed E-state index contributed by atoms with van der Waals surface area (Å²) in [6.45, 7) is 2.16. The van der Waals surface area contributed by atoms with Gasteiger partial charge in [0.05, 0.1) is 33.3 Å². The number of aromatic nitrogens is 4. The molecule has 0 N–H and O–H groups in total. The van der Waals surface area contributed by atoms with Crippen LogP contribution in [0.15, 0.2) is 115 Å². The first kappa shape index (κ1) is 19.5. The van der Waals surface area contributed by atoms with Crippen LogP contribution in [0.2, 0.25) is 0 Å². The fourth-order valence-electron chi connectivity index (χ4n) is 5.81. The second kappa shape index (κ2) is 7.09. The highest BCUT2D eigenvalue weighted by atomic mass is 15.2. The van der Waals surface area contributed by atoms with E-state index in [0.29, 0.717) is 0 Å². The van der Waals surface area contributed by atoms with E-state index in [1.807, 2.05) is 0 Å². The molecule has 0 bridgehead atoms. The van der Waals surface area contributed by atoms with Crippen molar-refractivity contribution in [1.82, 2.24) is 18.5 Å². The van der Waals surface area contributed by atoms with Crippen molar-refractivity contribution in [3.63, 3.8) is 0 Å². The number of imidazole rings is 2. The van der Waals surface area contributed by atoms with Gasteiger partial charge in [0, 0.05) is 16.5 Å². The first-order valence-corrected chi connectivity index (χ1v) is 12.3. The Morgan fingerprint density at radius 1 is 0.528 bits per heavy atom. The Hall–Kier alpha value is -4.83. The number of hydrogen-bond donors (Lipinski definition) is 0. The standard InChI is InChI=1S/C32H22N4/c1-21-11-5-7-15-25(21)35-27-17-9-10-18-28(27)36-29-20-19-24-23-14-6-8-16-26(23)34(22-12-3-2-4-13-22)31(24)30(29)33-32(35)36/h2-20H,1H3. The SMILES string of the molecule is Cc1ccccc1-n1c2ccccc2n2c3ccc4c5ccccc5n(-c5ccccc5)c4c3nc12. The Labute approximate surface area is 207 Å². The lowest BCUT2D eigenvalue weighted by Crippen LogP contribution is -1.97. The predicted molar refractivity (Wildman–Crippen MR) is 149 cm³/mol. The van der Waals surface area contributed by atoms with E-state index in [4.69, 9.17) is 4.98 Å². The summed E-state index contributed by atoms with van der Waals surface area (Å²) in [5.74, 6) is 0.929. The van der Waals surface area contributed by atoms with Crippen LogP contribution in [0.1, 0.15) is 5.56 Å². The maximum atomic E-state index is 5.38. The monoisotopic (exact) mass is 462 g/mol. The third-order valence-corrected chi connectivity index (χ3v) is 7.38. The molecule has 4 heteroatoms. The lowest BCUT2D eigenvalue weighted by molar-refractivity contribution is 1.09. The maximum Gasteiger partial charge on any atom is 0.220 e. The minimum Gasteiger partial charge on any atom is -0.307 e. The molecular weight excluding hydrogens is 440 g/mol. The van der Waals surface area contributed by atoms with Crippen LogP contribution in [0.4, 0.5) is 0 Å². The molecule has 0 saturated heterocycles. The van der Waals surface area contributed by atoms with Crippen LogP contribution in [0, 0.1) is 6.92 Å². The van der Waals surface area contributed by atoms with E-state index in [9.17, 15) is 0 Å². The van der Waals surface area contributed by atoms with E-state index in [1.54, 1.807) is 0 Å². The molecule has 0 spiro atoms. The largest absolute Gasteiger partial charge is 0.307 e. The molecular formula is C32H22N4. The van der Waals surface area contributed by atoms with Crippen molar-refractivity contribution >= 4 is 49.7 Å². The van der Waals surface area contributed by atoms with Gasteiger partial charge in [-0.25, -0.2) is 4.98 Å². The Morgan fingerprint density at radius 2 is 1.22 bits per heavy atom. The second-order valence-corrected chi connectivity index (χ2v) is 9.38. The molecule has 0 aliphatic rings. The van der Waals surface area contributed by atoms with Gasteiger partial charge in [0.1, 0.15) is 5.52 Å². The molecule has 36 heavy (non-hydrogen) atoms. The van der Waals surface area contributed by atoms with Crippen LogP contribution < -0.4 is 0 Å². The molecule has 0 saturated carbocycles. The quantitative estimate of drug-likeness (QED) is 0.257. The maximum absolute atomic E-state index is 5.38. The van der Waals surface area contributed by atoms with Crippen LogP contribution in [0.3, 0.4) is 0 Å². The fourth-order valence-corrected chi connectivity index (χ4v) is 5.81. The summed E-state index contributed by atoms with van der Waals surface area (Å²) in [7, 11) is 0. The van der Waals surface area contributed by atoms with Gasteiger partial charge < -0.3 is 4.57 Å². The molecule has 0 aliphatic carbocycles. The van der Waals surface area contributed by atoms with Gasteiger partial charge in [-0.05, 0) is 61.0 Å². The Kier molecular flexibility index (Phi) is 3.84. The van der Waals surface area contributed by atoms with Crippen LogP contribution >= 0.6 is 0 Å². The molecule has 170 valence electrons. The summed E-state index contributed by atoms with van der Waals surface area (Å²) < 4.78 is 6.97. The summed E-state index contributed by atoms with van der Waals surface area (Å²) in [6.07, 6.45) is 0. The Morgan fingerprint density at radius 3 is 2.06 bits per heavy atom. The summed E-state index contributed by atoms with van der Waals surface area (Å²) in [4.78, 5) is 5.38. The predicted octanol–water partition coefficient (Wildman–Crippen LogP) is 7.84. The van der Waals surface area contributed by atoms with E-state index in [1.165, 1.54) is 21.9 Å². The molecule has 0 unspecified atom stereocenters. The van der Waals surface area contributed by atoms with Gasteiger partial charge in [-0.2, -0.15) is 0 Å². The number of aryl methyl sites for hydroxylation is 1. The Balaban J connectivity index is 1.62. The zero-order valence-corrected chi connectivity index (χ0v) is 19.8. The lowest BCUT2D eigenvalue weighted by Gasteiger charge is -2.09. The van der Waals surface area contributed by atoms with Crippen molar-refractivity contribution in [2.75, 3.05) is 0 Å². The first-order valence-electron chi connectivity index (χ1n) is 12.3. The Bertz CT molecular complexity index is 2110. The molecule has 8 rings (SSSR count). The molecule has 3 heterocycles. The van der Waals surface area contributed by atoms with E-state index < -0.39 is 0 Å². The van der Waals surface area contributed by atoms with Crippen molar-refractivity contribution in [3.8, 4) is 11.4 Å². The summed E-state index contributed by atoms with van der Waals surface area (Å²) in [6, 6.07) is 40.8. The van der Waals surface area contributed by atoms with Crippen LogP contribution in [-0.4, -0.2) is 18.5 Å². The molecule has 8 aromatic rings. The second-order valence-electron chi connectivity index (χ2n) is 9.38. The topological polar surface area (TPSA) is 27.2 Å². The minimum absolute atomic E-state index is 0.929. The highest BCUT2D eigenvalue weighted by Gasteiger charge is 2.22. The molecule has 0 amide bonds. The molecule has 0 atom stereocenters. The number of rotatable bonds is 2. The fraction of sp³-hybridized carbons (Fsp3) is 0.0312. The van der Waals surface area contributed by atoms with Gasteiger partial charge in [0.15, 0.2) is 0 Å². The van der Waals surface area contributed by atoms with Gasteiger partial charge in [-0.1, -0.05) is 66.7 Å². The van der Waals surface area contributed by atoms with Crippen molar-refractivity contribution in [2.45, 2.75) is 6.92 Å². The van der Waals surface area contributed by atoms with E-state index >= 15 is 0 Å². The first-order chi connectivity index (χ1) is 17.8. The zero-order valence-electron chi connectivity index (χ0n) is 19.8. The molecule has 0 aliphatic heterocycles. The molecule has 4 nitrogen and oxygen atoms in total. The number of nitrogens with zero attached hydrogens (tertiary/aromatic N) is 4. The van der Waals surface area contributed by atoms with Gasteiger partial charge in [-0.3, -0.25) is 8.97 Å². The number of para-hydroxylation sites is 5. The van der Waals surface area contributed by atoms with Crippen molar-refractivity contribution in [2.24, 2.45) is 0 Å². The molecule has 0 radical (unpaired) electrons. The van der Waals surface area contributed by atoms with Crippen LogP contribution in [-0.2, 0) is 0 Å². The molecule has 0 fully saturated rings. The van der Waals surface area contributed by atoms with Gasteiger partial charge >= 0.3 is 0 Å². The zero-order chi connectivity index (χ0) is 23.8. The van der Waals surface area contributed by atoms with Crippen molar-refractivity contribution in [1.29, 1.82) is 0 Å². The normalized spacial score (nSPS) is 12.0. The number of benzene rings is 5. The average molecular weight is 463 g/mol. The lowest BCUT2D eigenvalue weighted by atomic mass is 10.1. The van der Waals surface area contributed by atoms with E-state index in [2.05, 4.69) is 136 Å². The van der Waals surface area contributed by atoms with Gasteiger partial charge in [0.2, 0.25) is 5.78 Å². The van der Waals surface area contributed by atoms with Crippen LogP contribution in [0.5, 0.6) is 0 Å². The van der Waals surface area contributed by atoms with Crippen LogP contribution in [0.25, 0.3) is 61.0 Å². The smallest absolute Gasteiger partial charge is 0.220 e. The summed E-state index contributed by atoms with van der Waals surface area (Å²) in [5, 5.41) is 2.46. The number of hydrogen-bond acceptors (Lipinski definition) is 1. The van der Waals surface area contributed by atoms with Crippen molar-refractivity contribution in [3.05, 3.63) is 121 Å². The van der Waals surface area contributed by atoms with Gasteiger partial charge in [0.25, 0.3) is 0 Å². The van der Waals surface area contributed by atoms with E-state index in [-0.39, 0.29) is 0 Å². The van der Waals surface area contributed by atoms with Crippen molar-refractivity contribution < 1.29 is 0 Å². The number of fused-ring (bicyclic) bond motifs is 9. The summed E-state index contributed by atoms with van der Waals surface area (Å²) >= 11 is 0. The summed E-state index contributed by atoms with van der Waals surface area (Å²) in [5.41, 5.74) is 10.3. The molecule has 3 aromatic heterocycles. The molecule has 5 aromatic carbocycles. The minimum atomic E-state index is 0.929. The van der Waals surface area contributed by atoms with Gasteiger partial charge in [-0.15, -0.1) is 0 Å². The highest BCUT2D eigenvalue weighted by molar-refractivity contribution is 6.18.